The van der Waals surface area contributed by atoms with E-state index in [2.05, 4.69) is 20.8 Å². The lowest BCUT2D eigenvalue weighted by molar-refractivity contribution is 0.600. The van der Waals surface area contributed by atoms with Gasteiger partial charge in [-0.2, -0.15) is 0 Å². The van der Waals surface area contributed by atoms with Crippen LogP contribution in [0, 0.1) is 0 Å². The number of aromatic amines is 1. The summed E-state index contributed by atoms with van der Waals surface area (Å²) >= 11 is 0. The Hall–Kier alpha value is -2.34. The first-order valence-corrected chi connectivity index (χ1v) is 9.70. The van der Waals surface area contributed by atoms with E-state index >= 15 is 0 Å². The third-order valence-electron chi connectivity index (χ3n) is 4.47. The summed E-state index contributed by atoms with van der Waals surface area (Å²) in [6, 6.07) is 9.89. The number of nitrogens with one attached hydrogen (secondary N) is 2. The smallest absolute Gasteiger partial charge is 0.235 e. The second-order valence-corrected chi connectivity index (χ2v) is 8.13. The van der Waals surface area contributed by atoms with Crippen LogP contribution in [0.15, 0.2) is 42.7 Å². The maximum Gasteiger partial charge on any atom is 0.235 e. The Morgan fingerprint density at radius 2 is 2.08 bits per heavy atom. The van der Waals surface area contributed by atoms with E-state index in [0.717, 1.165) is 47.0 Å². The van der Waals surface area contributed by atoms with Gasteiger partial charge in [-0.3, -0.25) is 4.72 Å². The highest BCUT2D eigenvalue weighted by Crippen LogP contribution is 2.33. The van der Waals surface area contributed by atoms with Crippen LogP contribution in [0.1, 0.15) is 25.3 Å². The summed E-state index contributed by atoms with van der Waals surface area (Å²) in [6.45, 7) is 2.03. The molecule has 1 aromatic carbocycles. The van der Waals surface area contributed by atoms with Gasteiger partial charge in [-0.1, -0.05) is 13.0 Å². The van der Waals surface area contributed by atoms with E-state index in [1.807, 2.05) is 37.4 Å². The largest absolute Gasteiger partial charge is 0.346 e. The molecule has 0 spiro atoms. The SMILES string of the molecule is CCc1cc(-c2ccnc3[nH]ccc23)ccc1NS(=O)(=O)C1CC1. The van der Waals surface area contributed by atoms with Gasteiger partial charge >= 0.3 is 0 Å². The highest BCUT2D eigenvalue weighted by Gasteiger charge is 2.36. The van der Waals surface area contributed by atoms with E-state index in [1.54, 1.807) is 6.20 Å². The first-order valence-electron chi connectivity index (χ1n) is 8.15. The monoisotopic (exact) mass is 341 g/mol. The topological polar surface area (TPSA) is 74.8 Å². The molecule has 1 aliphatic carbocycles. The molecule has 2 aromatic heterocycles. The fourth-order valence-electron chi connectivity index (χ4n) is 2.98. The van der Waals surface area contributed by atoms with Crippen molar-refractivity contribution in [1.82, 2.24) is 9.97 Å². The second-order valence-electron chi connectivity index (χ2n) is 6.17. The van der Waals surface area contributed by atoms with Crippen LogP contribution in [-0.4, -0.2) is 23.6 Å². The van der Waals surface area contributed by atoms with Crippen molar-refractivity contribution in [2.24, 2.45) is 0 Å². The molecular weight excluding hydrogens is 322 g/mol. The van der Waals surface area contributed by atoms with Crippen molar-refractivity contribution in [2.45, 2.75) is 31.4 Å². The van der Waals surface area contributed by atoms with E-state index in [-0.39, 0.29) is 5.25 Å². The highest BCUT2D eigenvalue weighted by molar-refractivity contribution is 7.93. The number of nitrogens with zero attached hydrogens (tertiary/aromatic N) is 1. The molecule has 5 nitrogen and oxygen atoms in total. The van der Waals surface area contributed by atoms with E-state index in [9.17, 15) is 8.42 Å². The zero-order valence-corrected chi connectivity index (χ0v) is 14.2. The number of fused-ring (bicyclic) bond motifs is 1. The summed E-state index contributed by atoms with van der Waals surface area (Å²) in [4.78, 5) is 7.43. The molecule has 4 rings (SSSR count). The van der Waals surface area contributed by atoms with Crippen LogP contribution in [0.3, 0.4) is 0 Å². The molecule has 1 fully saturated rings. The molecule has 2 N–H and O–H groups in total. The molecule has 24 heavy (non-hydrogen) atoms. The van der Waals surface area contributed by atoms with E-state index in [4.69, 9.17) is 0 Å². The Bertz CT molecular complexity index is 1000. The quantitative estimate of drug-likeness (QED) is 0.743. The molecule has 1 aliphatic rings. The molecule has 2 heterocycles. The molecule has 0 unspecified atom stereocenters. The van der Waals surface area contributed by atoms with Crippen molar-refractivity contribution < 1.29 is 8.42 Å². The van der Waals surface area contributed by atoms with Gasteiger partial charge in [-0.25, -0.2) is 13.4 Å². The Balaban J connectivity index is 1.75. The van der Waals surface area contributed by atoms with Gasteiger partial charge in [0.2, 0.25) is 10.0 Å². The lowest BCUT2D eigenvalue weighted by Gasteiger charge is -2.13. The number of hydrogen-bond acceptors (Lipinski definition) is 3. The number of benzene rings is 1. The Morgan fingerprint density at radius 3 is 2.83 bits per heavy atom. The summed E-state index contributed by atoms with van der Waals surface area (Å²) in [5, 5.41) is 0.840. The predicted octanol–water partition coefficient (Wildman–Crippen LogP) is 3.70. The molecular formula is C18H19N3O2S. The van der Waals surface area contributed by atoms with Crippen molar-refractivity contribution in [2.75, 3.05) is 4.72 Å². The third kappa shape index (κ3) is 2.67. The Morgan fingerprint density at radius 1 is 1.25 bits per heavy atom. The minimum absolute atomic E-state index is 0.221. The average molecular weight is 341 g/mol. The van der Waals surface area contributed by atoms with Gasteiger partial charge in [-0.15, -0.1) is 0 Å². The van der Waals surface area contributed by atoms with Gasteiger partial charge in [0.05, 0.1) is 10.9 Å². The molecule has 124 valence electrons. The number of rotatable bonds is 5. The summed E-state index contributed by atoms with van der Waals surface area (Å²) in [6.07, 6.45) is 5.94. The maximum absolute atomic E-state index is 12.2. The number of sulfonamides is 1. The normalized spacial score (nSPS) is 14.9. The molecule has 1 saturated carbocycles. The highest BCUT2D eigenvalue weighted by atomic mass is 32.2. The number of hydrogen-bond donors (Lipinski definition) is 2. The van der Waals surface area contributed by atoms with Crippen molar-refractivity contribution in [3.63, 3.8) is 0 Å². The van der Waals surface area contributed by atoms with Gasteiger partial charge in [0.15, 0.2) is 0 Å². The maximum atomic E-state index is 12.2. The number of H-pyrrole nitrogens is 1. The van der Waals surface area contributed by atoms with Gasteiger partial charge in [0, 0.05) is 17.8 Å². The Kier molecular flexibility index (Phi) is 3.57. The van der Waals surface area contributed by atoms with Crippen LogP contribution in [0.4, 0.5) is 5.69 Å². The van der Waals surface area contributed by atoms with Crippen molar-refractivity contribution in [3.05, 3.63) is 48.3 Å². The molecule has 3 aromatic rings. The molecule has 0 radical (unpaired) electrons. The number of aromatic nitrogens is 2. The Labute approximate surface area is 141 Å². The molecule has 0 saturated heterocycles. The lowest BCUT2D eigenvalue weighted by atomic mass is 9.99. The van der Waals surface area contributed by atoms with Crippen molar-refractivity contribution >= 4 is 26.7 Å². The number of pyridine rings is 1. The molecule has 6 heteroatoms. The van der Waals surface area contributed by atoms with Crippen LogP contribution < -0.4 is 4.72 Å². The average Bonchev–Trinajstić information content (AvgIpc) is 3.33. The summed E-state index contributed by atoms with van der Waals surface area (Å²) in [5.41, 5.74) is 4.69. The van der Waals surface area contributed by atoms with Crippen LogP contribution in [-0.2, 0) is 16.4 Å². The van der Waals surface area contributed by atoms with E-state index in [0.29, 0.717) is 5.69 Å². The van der Waals surface area contributed by atoms with Crippen LogP contribution in [0.5, 0.6) is 0 Å². The van der Waals surface area contributed by atoms with Crippen LogP contribution in [0.2, 0.25) is 0 Å². The number of aryl methyl sites for hydroxylation is 1. The second kappa shape index (κ2) is 5.63. The standard InChI is InChI=1S/C18H19N3O2S/c1-2-12-11-13(15-7-9-19-18-16(15)8-10-20-18)3-6-17(12)21-24(22,23)14-4-5-14/h3,6-11,14,21H,2,4-5H2,1H3,(H,19,20). The molecule has 0 bridgehead atoms. The van der Waals surface area contributed by atoms with Gasteiger partial charge in [0.1, 0.15) is 5.65 Å². The van der Waals surface area contributed by atoms with Crippen molar-refractivity contribution in [3.8, 4) is 11.1 Å². The zero-order chi connectivity index (χ0) is 16.7. The first-order chi connectivity index (χ1) is 11.6. The van der Waals surface area contributed by atoms with Crippen LogP contribution in [0.25, 0.3) is 22.2 Å². The van der Waals surface area contributed by atoms with Crippen LogP contribution >= 0.6 is 0 Å². The van der Waals surface area contributed by atoms with Gasteiger partial charge in [-0.05, 0) is 60.2 Å². The van der Waals surface area contributed by atoms with Gasteiger partial charge in [0.25, 0.3) is 0 Å². The molecule has 0 amide bonds. The summed E-state index contributed by atoms with van der Waals surface area (Å²) in [5.74, 6) is 0. The zero-order valence-electron chi connectivity index (χ0n) is 13.4. The van der Waals surface area contributed by atoms with E-state index < -0.39 is 10.0 Å². The fraction of sp³-hybridized carbons (Fsp3) is 0.278. The fourth-order valence-corrected chi connectivity index (χ4v) is 4.41. The lowest BCUT2D eigenvalue weighted by Crippen LogP contribution is -2.18. The molecule has 0 atom stereocenters. The van der Waals surface area contributed by atoms with E-state index in [1.165, 1.54) is 0 Å². The third-order valence-corrected chi connectivity index (χ3v) is 6.33. The van der Waals surface area contributed by atoms with Gasteiger partial charge < -0.3 is 4.98 Å². The molecule has 0 aliphatic heterocycles. The number of anilines is 1. The minimum Gasteiger partial charge on any atom is -0.346 e. The van der Waals surface area contributed by atoms with Crippen molar-refractivity contribution in [1.29, 1.82) is 0 Å². The summed E-state index contributed by atoms with van der Waals surface area (Å²) < 4.78 is 27.2. The predicted molar refractivity (Wildman–Crippen MR) is 96.5 cm³/mol. The summed E-state index contributed by atoms with van der Waals surface area (Å²) in [7, 11) is -3.24. The minimum atomic E-state index is -3.24. The first kappa shape index (κ1) is 15.2.